The normalized spacial score (nSPS) is 24.8. The zero-order chi connectivity index (χ0) is 12.9. The maximum absolute atomic E-state index is 10.7. The summed E-state index contributed by atoms with van der Waals surface area (Å²) in [7, 11) is 1.73. The fourth-order valence-corrected chi connectivity index (χ4v) is 2.81. The monoisotopic (exact) mass is 243 g/mol. The second kappa shape index (κ2) is 6.36. The van der Waals surface area contributed by atoms with Gasteiger partial charge in [0.25, 0.3) is 0 Å². The lowest BCUT2D eigenvalue weighted by atomic mass is 9.81. The predicted octanol–water partition coefficient (Wildman–Crippen LogP) is 1.99. The number of rotatable bonds is 6. The third-order valence-electron chi connectivity index (χ3n) is 3.69. The van der Waals surface area contributed by atoms with Crippen molar-refractivity contribution in [1.82, 2.24) is 4.90 Å². The number of piperidine rings is 1. The third-order valence-corrected chi connectivity index (χ3v) is 3.69. The Morgan fingerprint density at radius 2 is 2.24 bits per heavy atom. The molecule has 1 rings (SSSR count). The van der Waals surface area contributed by atoms with Gasteiger partial charge in [-0.25, -0.2) is 0 Å². The second-order valence-corrected chi connectivity index (χ2v) is 5.60. The molecule has 0 aromatic heterocycles. The van der Waals surface area contributed by atoms with Crippen LogP contribution in [-0.2, 0) is 9.53 Å². The molecule has 1 fully saturated rings. The standard InChI is InChI=1S/C13H25NO3/c1-13(2)10-11(9-12(15)16)5-7-14(13)6-4-8-17-3/h11H,4-10H2,1-3H3,(H,15,16). The fraction of sp³-hybridized carbons (Fsp3) is 0.923. The first-order valence-corrected chi connectivity index (χ1v) is 6.41. The number of hydrogen-bond donors (Lipinski definition) is 1. The van der Waals surface area contributed by atoms with E-state index in [1.165, 1.54) is 0 Å². The maximum atomic E-state index is 10.7. The van der Waals surface area contributed by atoms with Crippen LogP contribution < -0.4 is 0 Å². The van der Waals surface area contributed by atoms with Gasteiger partial charge in [0.15, 0.2) is 0 Å². The van der Waals surface area contributed by atoms with Crippen LogP contribution in [0.15, 0.2) is 0 Å². The van der Waals surface area contributed by atoms with Crippen LogP contribution in [-0.4, -0.2) is 48.3 Å². The Balaban J connectivity index is 2.42. The number of carboxylic acid groups (broad SMARTS) is 1. The van der Waals surface area contributed by atoms with E-state index in [0.29, 0.717) is 12.3 Å². The number of likely N-dealkylation sites (tertiary alicyclic amines) is 1. The second-order valence-electron chi connectivity index (χ2n) is 5.60. The molecule has 0 radical (unpaired) electrons. The molecule has 0 aromatic carbocycles. The van der Waals surface area contributed by atoms with Crippen molar-refractivity contribution in [3.8, 4) is 0 Å². The molecule has 0 aliphatic carbocycles. The number of methoxy groups -OCH3 is 1. The van der Waals surface area contributed by atoms with E-state index in [9.17, 15) is 4.79 Å². The summed E-state index contributed by atoms with van der Waals surface area (Å²) >= 11 is 0. The van der Waals surface area contributed by atoms with Gasteiger partial charge in [-0.05, 0) is 45.6 Å². The number of nitrogens with zero attached hydrogens (tertiary/aromatic N) is 1. The molecule has 0 saturated carbocycles. The highest BCUT2D eigenvalue weighted by molar-refractivity contribution is 5.67. The van der Waals surface area contributed by atoms with E-state index in [4.69, 9.17) is 9.84 Å². The molecule has 1 aliphatic rings. The molecule has 1 N–H and O–H groups in total. The van der Waals surface area contributed by atoms with Gasteiger partial charge in [-0.3, -0.25) is 9.69 Å². The summed E-state index contributed by atoms with van der Waals surface area (Å²) in [5.74, 6) is -0.334. The highest BCUT2D eigenvalue weighted by atomic mass is 16.5. The number of aliphatic carboxylic acids is 1. The molecular formula is C13H25NO3. The van der Waals surface area contributed by atoms with Crippen molar-refractivity contribution >= 4 is 5.97 Å². The first-order chi connectivity index (χ1) is 7.95. The lowest BCUT2D eigenvalue weighted by molar-refractivity contribution is -0.138. The highest BCUT2D eigenvalue weighted by Gasteiger charge is 2.34. The van der Waals surface area contributed by atoms with E-state index >= 15 is 0 Å². The van der Waals surface area contributed by atoms with Crippen LogP contribution in [0.1, 0.15) is 39.5 Å². The summed E-state index contributed by atoms with van der Waals surface area (Å²) in [6, 6.07) is 0. The van der Waals surface area contributed by atoms with Crippen molar-refractivity contribution in [2.75, 3.05) is 26.8 Å². The largest absolute Gasteiger partial charge is 0.481 e. The van der Waals surface area contributed by atoms with E-state index in [-0.39, 0.29) is 5.54 Å². The van der Waals surface area contributed by atoms with Crippen LogP contribution in [0, 0.1) is 5.92 Å². The van der Waals surface area contributed by atoms with E-state index < -0.39 is 5.97 Å². The molecule has 4 nitrogen and oxygen atoms in total. The van der Waals surface area contributed by atoms with Gasteiger partial charge in [0.1, 0.15) is 0 Å². The number of carboxylic acids is 1. The van der Waals surface area contributed by atoms with Gasteiger partial charge in [-0.1, -0.05) is 0 Å². The molecule has 4 heteroatoms. The summed E-state index contributed by atoms with van der Waals surface area (Å²) < 4.78 is 5.07. The topological polar surface area (TPSA) is 49.8 Å². The van der Waals surface area contributed by atoms with Gasteiger partial charge in [-0.2, -0.15) is 0 Å². The minimum atomic E-state index is -0.668. The zero-order valence-electron chi connectivity index (χ0n) is 11.2. The van der Waals surface area contributed by atoms with E-state index in [1.807, 2.05) is 0 Å². The van der Waals surface area contributed by atoms with Crippen LogP contribution in [0.25, 0.3) is 0 Å². The van der Waals surface area contributed by atoms with Gasteiger partial charge in [-0.15, -0.1) is 0 Å². The van der Waals surface area contributed by atoms with Gasteiger partial charge >= 0.3 is 5.97 Å². The van der Waals surface area contributed by atoms with Gasteiger partial charge in [0.2, 0.25) is 0 Å². The lowest BCUT2D eigenvalue weighted by Gasteiger charge is -2.45. The minimum Gasteiger partial charge on any atom is -0.481 e. The summed E-state index contributed by atoms with van der Waals surface area (Å²) in [5, 5.41) is 8.85. The first-order valence-electron chi connectivity index (χ1n) is 6.41. The molecule has 100 valence electrons. The van der Waals surface area contributed by atoms with E-state index in [1.54, 1.807) is 7.11 Å². The Labute approximate surface area is 104 Å². The first kappa shape index (κ1) is 14.5. The van der Waals surface area contributed by atoms with E-state index in [2.05, 4.69) is 18.7 Å². The van der Waals surface area contributed by atoms with Crippen LogP contribution >= 0.6 is 0 Å². The SMILES string of the molecule is COCCCN1CCC(CC(=O)O)CC1(C)C. The minimum absolute atomic E-state index is 0.117. The van der Waals surface area contributed by atoms with Crippen molar-refractivity contribution in [1.29, 1.82) is 0 Å². The predicted molar refractivity (Wildman–Crippen MR) is 67.1 cm³/mol. The summed E-state index contributed by atoms with van der Waals surface area (Å²) in [6.07, 6.45) is 3.34. The fourth-order valence-electron chi connectivity index (χ4n) is 2.81. The van der Waals surface area contributed by atoms with Crippen molar-refractivity contribution in [3.05, 3.63) is 0 Å². The van der Waals surface area contributed by atoms with Crippen LogP contribution in [0.5, 0.6) is 0 Å². The van der Waals surface area contributed by atoms with Crippen LogP contribution in [0.3, 0.4) is 0 Å². The number of hydrogen-bond acceptors (Lipinski definition) is 3. The Kier molecular flexibility index (Phi) is 5.40. The molecule has 0 aromatic rings. The molecule has 0 bridgehead atoms. The maximum Gasteiger partial charge on any atom is 0.303 e. The molecular weight excluding hydrogens is 218 g/mol. The Hall–Kier alpha value is -0.610. The van der Waals surface area contributed by atoms with Crippen molar-refractivity contribution in [3.63, 3.8) is 0 Å². The van der Waals surface area contributed by atoms with Crippen LogP contribution in [0.4, 0.5) is 0 Å². The zero-order valence-corrected chi connectivity index (χ0v) is 11.2. The summed E-state index contributed by atoms with van der Waals surface area (Å²) in [5.41, 5.74) is 0.117. The van der Waals surface area contributed by atoms with Crippen molar-refractivity contribution in [2.45, 2.75) is 45.1 Å². The molecule has 1 heterocycles. The van der Waals surface area contributed by atoms with Gasteiger partial charge in [0, 0.05) is 32.2 Å². The Bertz CT molecular complexity index is 253. The average Bonchev–Trinajstić information content (AvgIpc) is 2.19. The Morgan fingerprint density at radius 1 is 1.53 bits per heavy atom. The number of carbonyl (C=O) groups is 1. The third kappa shape index (κ3) is 4.64. The van der Waals surface area contributed by atoms with Crippen LogP contribution in [0.2, 0.25) is 0 Å². The smallest absolute Gasteiger partial charge is 0.303 e. The van der Waals surface area contributed by atoms with Crippen molar-refractivity contribution in [2.24, 2.45) is 5.92 Å². The quantitative estimate of drug-likeness (QED) is 0.725. The van der Waals surface area contributed by atoms with Gasteiger partial charge < -0.3 is 9.84 Å². The molecule has 1 unspecified atom stereocenters. The summed E-state index contributed by atoms with van der Waals surface area (Å²) in [4.78, 5) is 13.2. The Morgan fingerprint density at radius 3 is 2.76 bits per heavy atom. The number of ether oxygens (including phenoxy) is 1. The summed E-state index contributed by atoms with van der Waals surface area (Å²) in [6.45, 7) is 7.28. The molecule has 0 spiro atoms. The van der Waals surface area contributed by atoms with Crippen molar-refractivity contribution < 1.29 is 14.6 Å². The molecule has 1 saturated heterocycles. The lowest BCUT2D eigenvalue weighted by Crippen LogP contribution is -2.50. The highest BCUT2D eigenvalue weighted by Crippen LogP contribution is 2.33. The van der Waals surface area contributed by atoms with E-state index in [0.717, 1.165) is 39.0 Å². The molecule has 17 heavy (non-hydrogen) atoms. The molecule has 1 atom stereocenters. The molecule has 1 aliphatic heterocycles. The molecule has 0 amide bonds. The average molecular weight is 243 g/mol. The van der Waals surface area contributed by atoms with Gasteiger partial charge in [0.05, 0.1) is 0 Å².